The van der Waals surface area contributed by atoms with Gasteiger partial charge in [0.15, 0.2) is 0 Å². The molecule has 0 aliphatic heterocycles. The largest absolute Gasteiger partial charge is 0.417 e. The second-order valence-corrected chi connectivity index (χ2v) is 19.1. The van der Waals surface area contributed by atoms with E-state index in [4.69, 9.17) is 0 Å². The van der Waals surface area contributed by atoms with Crippen LogP contribution in [0.5, 0.6) is 0 Å². The van der Waals surface area contributed by atoms with E-state index in [2.05, 4.69) is 30.3 Å². The molecule has 0 spiro atoms. The number of nitrogens with zero attached hydrogens (tertiary/aromatic N) is 7. The van der Waals surface area contributed by atoms with E-state index < -0.39 is 29.0 Å². The maximum absolute atomic E-state index is 15.9. The summed E-state index contributed by atoms with van der Waals surface area (Å²) in [6.07, 6.45) is -10.5. The fourth-order valence-electron chi connectivity index (χ4n) is 10.7. The van der Waals surface area contributed by atoms with Crippen molar-refractivity contribution >= 4 is 43.6 Å². The lowest BCUT2D eigenvalue weighted by Crippen LogP contribution is -2.14. The highest BCUT2D eigenvalue weighted by molar-refractivity contribution is 6.14. The van der Waals surface area contributed by atoms with Crippen LogP contribution < -0.4 is 0 Å². The predicted octanol–water partition coefficient (Wildman–Crippen LogP) is 17.6. The molecular weight excluding hydrogens is 1020 g/mol. The Morgan fingerprint density at radius 2 is 0.575 bits per heavy atom. The molecule has 13 heteroatoms. The minimum Gasteiger partial charge on any atom is -0.308 e. The molecule has 12 rings (SSSR count). The lowest BCUT2D eigenvalue weighted by Gasteiger charge is -2.24. The minimum absolute atomic E-state index is 0.0241. The number of halogens is 6. The van der Waals surface area contributed by atoms with Gasteiger partial charge in [-0.3, -0.25) is 0 Å². The molecule has 0 N–H and O–H groups in total. The Morgan fingerprint density at radius 3 is 0.838 bits per heavy atom. The number of nitriles is 5. The van der Waals surface area contributed by atoms with Crippen molar-refractivity contribution in [2.75, 3.05) is 0 Å². The summed E-state index contributed by atoms with van der Waals surface area (Å²) in [4.78, 5) is 0. The van der Waals surface area contributed by atoms with E-state index in [9.17, 15) is 39.5 Å². The first-order valence-corrected chi connectivity index (χ1v) is 24.7. The van der Waals surface area contributed by atoms with Crippen LogP contribution >= 0.6 is 0 Å². The Hall–Kier alpha value is -11.2. The van der Waals surface area contributed by atoms with Gasteiger partial charge in [-0.1, -0.05) is 78.9 Å². The molecule has 0 unspecified atom stereocenters. The molecule has 0 atom stereocenters. The molecule has 80 heavy (non-hydrogen) atoms. The van der Waals surface area contributed by atoms with Crippen LogP contribution in [0, 0.1) is 56.7 Å². The van der Waals surface area contributed by atoms with Crippen molar-refractivity contribution < 1.29 is 26.3 Å². The molecule has 0 bridgehead atoms. The SMILES string of the molecule is N#Cc1ccc(-c2ccc3c(c2)c2cc(-c4ccc(C#N)cc4)ccc2n3-c2cc(C#N)cc(-n3c4ccc(-c5ccc(C#N)cc5)cc4c4cc(-c5ccc(C#N)cc5)ccc43)c2-c2ccc(C(F)(F)F)cc2C(F)(F)F)cc1. The summed E-state index contributed by atoms with van der Waals surface area (Å²) in [6.45, 7) is 0. The first kappa shape index (κ1) is 49.7. The molecule has 0 amide bonds. The summed E-state index contributed by atoms with van der Waals surface area (Å²) in [5, 5.41) is 51.9. The Kier molecular flexibility index (Phi) is 11.9. The maximum Gasteiger partial charge on any atom is 0.417 e. The van der Waals surface area contributed by atoms with Gasteiger partial charge in [0.1, 0.15) is 0 Å². The highest BCUT2D eigenvalue weighted by atomic mass is 19.4. The Labute approximate surface area is 452 Å². The third-order valence-corrected chi connectivity index (χ3v) is 14.5. The summed E-state index contributed by atoms with van der Waals surface area (Å²) in [5.41, 5.74) is 6.09. The number of alkyl halides is 6. The van der Waals surface area contributed by atoms with Crippen molar-refractivity contribution in [1.29, 1.82) is 26.3 Å². The maximum atomic E-state index is 15.9. The summed E-state index contributed by atoms with van der Waals surface area (Å²) in [6, 6.07) is 65.5. The van der Waals surface area contributed by atoms with Crippen molar-refractivity contribution in [3.63, 3.8) is 0 Å². The molecule has 0 aliphatic rings. The van der Waals surface area contributed by atoms with Crippen molar-refractivity contribution in [1.82, 2.24) is 9.13 Å². The lowest BCUT2D eigenvalue weighted by molar-refractivity contribution is -0.142. The van der Waals surface area contributed by atoms with Gasteiger partial charge in [0.2, 0.25) is 0 Å². The first-order chi connectivity index (χ1) is 38.7. The lowest BCUT2D eigenvalue weighted by atomic mass is 9.92. The van der Waals surface area contributed by atoms with E-state index in [1.165, 1.54) is 12.1 Å². The third kappa shape index (κ3) is 8.57. The summed E-state index contributed by atoms with van der Waals surface area (Å²) >= 11 is 0. The highest BCUT2D eigenvalue weighted by Gasteiger charge is 2.40. The second kappa shape index (κ2) is 19.1. The molecule has 378 valence electrons. The normalized spacial score (nSPS) is 11.6. The molecule has 10 aromatic carbocycles. The third-order valence-electron chi connectivity index (χ3n) is 14.5. The number of benzene rings is 10. The molecule has 12 aromatic rings. The topological polar surface area (TPSA) is 129 Å². The number of hydrogen-bond donors (Lipinski definition) is 0. The van der Waals surface area contributed by atoms with Crippen molar-refractivity contribution in [3.05, 3.63) is 239 Å². The van der Waals surface area contributed by atoms with E-state index in [0.717, 1.165) is 50.6 Å². The number of fused-ring (bicyclic) bond motifs is 6. The van der Waals surface area contributed by atoms with Crippen LogP contribution in [0.15, 0.2) is 200 Å². The Balaban J connectivity index is 1.22. The van der Waals surface area contributed by atoms with Crippen LogP contribution in [0.4, 0.5) is 26.3 Å². The predicted molar refractivity (Wildman–Crippen MR) is 296 cm³/mol. The standard InChI is InChI=1S/C67H33F6N7/c68-66(69,70)52-21-22-53(58(33-52)67(71,72)73)65-63(79-59-23-17-48(44-9-1-39(34-74)2-10-44)29-54(59)55-30-49(18-24-60(55)79)45-11-3-40(35-75)4-12-45)27-43(38-78)28-64(65)80-61-25-19-50(46-13-5-41(36-76)6-14-46)31-56(61)57-32-51(20-26-62(57)80)47-15-7-42(37-77)8-16-47/h1-33H. The zero-order valence-corrected chi connectivity index (χ0v) is 41.5. The van der Waals surface area contributed by atoms with E-state index in [1.54, 1.807) is 130 Å². The Morgan fingerprint density at radius 1 is 0.287 bits per heavy atom. The van der Waals surface area contributed by atoms with Crippen LogP contribution in [-0.4, -0.2) is 9.13 Å². The van der Waals surface area contributed by atoms with E-state index in [1.807, 2.05) is 48.5 Å². The Bertz CT molecular complexity index is 4270. The first-order valence-electron chi connectivity index (χ1n) is 24.7. The van der Waals surface area contributed by atoms with Gasteiger partial charge in [0.05, 0.1) is 103 Å². The number of rotatable bonds is 7. The fourth-order valence-corrected chi connectivity index (χ4v) is 10.7. The summed E-state index contributed by atoms with van der Waals surface area (Å²) in [7, 11) is 0. The summed E-state index contributed by atoms with van der Waals surface area (Å²) in [5.74, 6) is 0. The van der Waals surface area contributed by atoms with Gasteiger partial charge in [-0.25, -0.2) is 0 Å². The molecule has 2 aromatic heterocycles. The number of aromatic nitrogens is 2. The average Bonchev–Trinajstić information content (AvgIpc) is 3.34. The van der Waals surface area contributed by atoms with E-state index in [-0.39, 0.29) is 28.6 Å². The molecule has 0 aliphatic carbocycles. The molecule has 7 nitrogen and oxygen atoms in total. The quantitative estimate of drug-likeness (QED) is 0.147. The van der Waals surface area contributed by atoms with Crippen LogP contribution in [0.3, 0.4) is 0 Å². The van der Waals surface area contributed by atoms with E-state index >= 15 is 13.2 Å². The highest BCUT2D eigenvalue weighted by Crippen LogP contribution is 2.49. The summed E-state index contributed by atoms with van der Waals surface area (Å²) < 4.78 is 95.0. The molecule has 2 heterocycles. The average molecular weight is 1050 g/mol. The minimum atomic E-state index is -5.33. The monoisotopic (exact) mass is 1050 g/mol. The second-order valence-electron chi connectivity index (χ2n) is 19.1. The molecule has 0 saturated carbocycles. The van der Waals surface area contributed by atoms with Gasteiger partial charge < -0.3 is 9.13 Å². The van der Waals surface area contributed by atoms with Gasteiger partial charge in [0.25, 0.3) is 0 Å². The molecular formula is C67H33F6N7. The zero-order chi connectivity index (χ0) is 55.6. The van der Waals surface area contributed by atoms with Crippen LogP contribution in [-0.2, 0) is 12.4 Å². The smallest absolute Gasteiger partial charge is 0.308 e. The van der Waals surface area contributed by atoms with Crippen molar-refractivity contribution in [2.45, 2.75) is 12.4 Å². The fraction of sp³-hybridized carbons (Fsp3) is 0.0299. The number of hydrogen-bond acceptors (Lipinski definition) is 5. The van der Waals surface area contributed by atoms with Gasteiger partial charge >= 0.3 is 12.4 Å². The van der Waals surface area contributed by atoms with Crippen LogP contribution in [0.2, 0.25) is 0 Å². The van der Waals surface area contributed by atoms with Crippen molar-refractivity contribution in [2.24, 2.45) is 0 Å². The molecule has 0 saturated heterocycles. The zero-order valence-electron chi connectivity index (χ0n) is 41.5. The van der Waals surface area contributed by atoms with Crippen LogP contribution in [0.25, 0.3) is 111 Å². The van der Waals surface area contributed by atoms with Gasteiger partial charge in [-0.2, -0.15) is 52.7 Å². The van der Waals surface area contributed by atoms with Crippen molar-refractivity contribution in [3.8, 4) is 97.4 Å². The van der Waals surface area contributed by atoms with Gasteiger partial charge in [-0.15, -0.1) is 0 Å². The van der Waals surface area contributed by atoms with Crippen LogP contribution in [0.1, 0.15) is 38.9 Å². The van der Waals surface area contributed by atoms with E-state index in [0.29, 0.717) is 71.9 Å². The van der Waals surface area contributed by atoms with Gasteiger partial charge in [0, 0.05) is 27.1 Å². The molecule has 0 radical (unpaired) electrons. The molecule has 0 fully saturated rings. The van der Waals surface area contributed by atoms with Gasteiger partial charge in [-0.05, 0) is 171 Å².